The van der Waals surface area contributed by atoms with Crippen molar-refractivity contribution in [2.24, 2.45) is 52.1 Å². The summed E-state index contributed by atoms with van der Waals surface area (Å²) in [6.07, 6.45) is 18.5. The zero-order chi connectivity index (χ0) is 33.2. The van der Waals surface area contributed by atoms with E-state index in [0.717, 1.165) is 88.1 Å². The number of fused-ring (bicyclic) bond motifs is 5. The Morgan fingerprint density at radius 1 is 0.826 bits per heavy atom. The molecule has 9 unspecified atom stereocenters. The van der Waals surface area contributed by atoms with Crippen LogP contribution in [0.2, 0.25) is 0 Å². The van der Waals surface area contributed by atoms with E-state index in [1.807, 2.05) is 13.8 Å². The number of hydrogen-bond acceptors (Lipinski definition) is 7. The first kappa shape index (κ1) is 37.6. The first-order valence-corrected chi connectivity index (χ1v) is 19.4. The second-order valence-electron chi connectivity index (χ2n) is 16.5. The fourth-order valence-corrected chi connectivity index (χ4v) is 10.7. The van der Waals surface area contributed by atoms with Gasteiger partial charge in [0.15, 0.2) is 0 Å². The summed E-state index contributed by atoms with van der Waals surface area (Å²) >= 11 is 0. The van der Waals surface area contributed by atoms with Gasteiger partial charge in [-0.2, -0.15) is 0 Å². The zero-order valence-electron chi connectivity index (χ0n) is 30.3. The number of carbonyl (C=O) groups is 2. The smallest absolute Gasteiger partial charge is 0.328 e. The fourth-order valence-electron chi connectivity index (χ4n) is 10.7. The van der Waals surface area contributed by atoms with Gasteiger partial charge in [0.1, 0.15) is 6.04 Å². The molecular weight excluding hydrogens is 574 g/mol. The van der Waals surface area contributed by atoms with Gasteiger partial charge in [-0.25, -0.2) is 4.79 Å². The maximum atomic E-state index is 12.7. The zero-order valence-corrected chi connectivity index (χ0v) is 30.3. The van der Waals surface area contributed by atoms with Crippen LogP contribution in [0.3, 0.4) is 0 Å². The molecule has 9 atom stereocenters. The lowest BCUT2D eigenvalue weighted by Crippen LogP contribution is -2.55. The third-order valence-electron chi connectivity index (χ3n) is 13.5. The highest BCUT2D eigenvalue weighted by Crippen LogP contribution is 2.67. The molecule has 0 heterocycles. The van der Waals surface area contributed by atoms with E-state index in [0.29, 0.717) is 23.3 Å². The summed E-state index contributed by atoms with van der Waals surface area (Å²) in [6.45, 7) is 15.4. The number of nitrogens with two attached hydrogens (primary N) is 1. The monoisotopic (exact) mass is 646 g/mol. The van der Waals surface area contributed by atoms with Crippen LogP contribution in [0.5, 0.6) is 0 Å². The predicted molar refractivity (Wildman–Crippen MR) is 188 cm³/mol. The lowest BCUT2D eigenvalue weighted by Gasteiger charge is -2.61. The molecule has 266 valence electrons. The van der Waals surface area contributed by atoms with E-state index in [1.54, 1.807) is 0 Å². The van der Waals surface area contributed by atoms with E-state index in [2.05, 4.69) is 35.1 Å². The molecule has 4 fully saturated rings. The summed E-state index contributed by atoms with van der Waals surface area (Å²) in [7, 11) is 1.39. The Balaban J connectivity index is 1.17. The van der Waals surface area contributed by atoms with Crippen LogP contribution in [0.1, 0.15) is 124 Å². The van der Waals surface area contributed by atoms with Gasteiger partial charge in [0.05, 0.1) is 7.11 Å². The number of methoxy groups -OCH3 is 1. The lowest BCUT2D eigenvalue weighted by molar-refractivity contribution is -0.146. The van der Waals surface area contributed by atoms with Crippen LogP contribution < -0.4 is 27.0 Å². The summed E-state index contributed by atoms with van der Waals surface area (Å²) < 4.78 is 4.90. The quantitative estimate of drug-likeness (QED) is 0.0944. The van der Waals surface area contributed by atoms with E-state index in [9.17, 15) is 9.59 Å². The van der Waals surface area contributed by atoms with Crippen molar-refractivity contribution in [3.63, 3.8) is 0 Å². The van der Waals surface area contributed by atoms with Crippen molar-refractivity contribution in [2.45, 2.75) is 136 Å². The highest BCUT2D eigenvalue weighted by atomic mass is 16.5. The van der Waals surface area contributed by atoms with Crippen LogP contribution in [-0.2, 0) is 14.3 Å². The standard InChI is InChI=1S/C38H71N5O3/c1-27(2)35(36(45)46-5)43-34(44)11-6-10-28-13-15-32-31-14-12-29-26-30(16-18-38(29,4)33(31)17-19-37(28,32)3)42-25-9-24-41-23-8-22-40-21-7-20-39/h27-33,35,40-42H,6-26,39H2,1-5H3,(H,43,44). The molecule has 0 saturated heterocycles. The highest BCUT2D eigenvalue weighted by molar-refractivity contribution is 5.84. The number of hydrogen-bond donors (Lipinski definition) is 5. The normalized spacial score (nSPS) is 34.4. The Hall–Kier alpha value is -1.22. The van der Waals surface area contributed by atoms with Gasteiger partial charge in [-0.3, -0.25) is 4.79 Å². The van der Waals surface area contributed by atoms with Crippen LogP contribution in [0.15, 0.2) is 0 Å². The Bertz CT molecular complexity index is 947. The minimum atomic E-state index is -0.555. The molecule has 0 radical (unpaired) electrons. The topological polar surface area (TPSA) is 118 Å². The van der Waals surface area contributed by atoms with E-state index in [1.165, 1.54) is 77.7 Å². The van der Waals surface area contributed by atoms with E-state index in [4.69, 9.17) is 10.5 Å². The van der Waals surface area contributed by atoms with E-state index in [-0.39, 0.29) is 17.8 Å². The summed E-state index contributed by atoms with van der Waals surface area (Å²) in [4.78, 5) is 24.8. The molecule has 0 spiro atoms. The van der Waals surface area contributed by atoms with Gasteiger partial charge in [0.25, 0.3) is 0 Å². The molecule has 8 nitrogen and oxygen atoms in total. The lowest BCUT2D eigenvalue weighted by atomic mass is 9.44. The van der Waals surface area contributed by atoms with E-state index < -0.39 is 6.04 Å². The van der Waals surface area contributed by atoms with Gasteiger partial charge >= 0.3 is 5.97 Å². The number of amides is 1. The van der Waals surface area contributed by atoms with Crippen molar-refractivity contribution >= 4 is 11.9 Å². The Kier molecular flexibility index (Phi) is 14.7. The number of esters is 1. The highest BCUT2D eigenvalue weighted by Gasteiger charge is 2.59. The molecule has 4 aliphatic carbocycles. The molecule has 4 saturated carbocycles. The number of nitrogens with one attached hydrogen (secondary N) is 4. The summed E-state index contributed by atoms with van der Waals surface area (Å²) in [5.41, 5.74) is 6.50. The Labute approximate surface area is 281 Å². The van der Waals surface area contributed by atoms with Gasteiger partial charge in [-0.05, 0) is 175 Å². The predicted octanol–water partition coefficient (Wildman–Crippen LogP) is 5.40. The molecule has 1 amide bonds. The Morgan fingerprint density at radius 3 is 2.20 bits per heavy atom. The van der Waals surface area contributed by atoms with E-state index >= 15 is 0 Å². The first-order chi connectivity index (χ1) is 22.1. The summed E-state index contributed by atoms with van der Waals surface area (Å²) in [5.74, 6) is 3.91. The third kappa shape index (κ3) is 9.26. The maximum Gasteiger partial charge on any atom is 0.328 e. The second-order valence-corrected chi connectivity index (χ2v) is 16.5. The van der Waals surface area contributed by atoms with Gasteiger partial charge < -0.3 is 31.7 Å². The van der Waals surface area contributed by atoms with Gasteiger partial charge in [-0.1, -0.05) is 27.7 Å². The largest absolute Gasteiger partial charge is 0.467 e. The van der Waals surface area contributed by atoms with Crippen LogP contribution >= 0.6 is 0 Å². The SMILES string of the molecule is COC(=O)C(NC(=O)CCCC1CCC2C3CCC4CC(NCCCNCCCNCCCN)CCC4(C)C3CCC12C)C(C)C. The average molecular weight is 646 g/mol. The van der Waals surface area contributed by atoms with Crippen molar-refractivity contribution in [2.75, 3.05) is 46.4 Å². The molecule has 8 heteroatoms. The van der Waals surface area contributed by atoms with Crippen molar-refractivity contribution in [3.05, 3.63) is 0 Å². The summed E-state index contributed by atoms with van der Waals surface area (Å²) in [5, 5.41) is 14.0. The maximum absolute atomic E-state index is 12.7. The van der Waals surface area contributed by atoms with Crippen LogP contribution in [0, 0.1) is 46.3 Å². The van der Waals surface area contributed by atoms with Crippen molar-refractivity contribution in [1.82, 2.24) is 21.3 Å². The van der Waals surface area contributed by atoms with Crippen LogP contribution in [0.25, 0.3) is 0 Å². The molecule has 0 aromatic carbocycles. The van der Waals surface area contributed by atoms with Crippen LogP contribution in [-0.4, -0.2) is 70.3 Å². The number of carbonyl (C=O) groups excluding carboxylic acids is 2. The van der Waals surface area contributed by atoms with Crippen molar-refractivity contribution in [3.8, 4) is 0 Å². The number of ether oxygens (including phenoxy) is 1. The Morgan fingerprint density at radius 2 is 1.50 bits per heavy atom. The second kappa shape index (κ2) is 18.0. The molecule has 0 aromatic rings. The summed E-state index contributed by atoms with van der Waals surface area (Å²) in [6, 6.07) is 0.146. The average Bonchev–Trinajstić information content (AvgIpc) is 3.38. The molecule has 0 aliphatic heterocycles. The molecular formula is C38H71N5O3. The fraction of sp³-hybridized carbons (Fsp3) is 0.947. The van der Waals surface area contributed by atoms with Crippen molar-refractivity contribution in [1.29, 1.82) is 0 Å². The van der Waals surface area contributed by atoms with Gasteiger partial charge in [0.2, 0.25) is 5.91 Å². The first-order valence-electron chi connectivity index (χ1n) is 19.4. The van der Waals surface area contributed by atoms with Crippen molar-refractivity contribution < 1.29 is 14.3 Å². The minimum Gasteiger partial charge on any atom is -0.467 e. The number of rotatable bonds is 19. The molecule has 0 aromatic heterocycles. The third-order valence-corrected chi connectivity index (χ3v) is 13.5. The van der Waals surface area contributed by atoms with Crippen LogP contribution in [0.4, 0.5) is 0 Å². The van der Waals surface area contributed by atoms with Gasteiger partial charge in [-0.15, -0.1) is 0 Å². The minimum absolute atomic E-state index is 0.0152. The molecule has 4 rings (SSSR count). The molecule has 4 aliphatic rings. The van der Waals surface area contributed by atoms with Gasteiger partial charge in [0, 0.05) is 12.5 Å². The molecule has 6 N–H and O–H groups in total. The molecule has 46 heavy (non-hydrogen) atoms. The molecule has 0 bridgehead atoms.